The summed E-state index contributed by atoms with van der Waals surface area (Å²) in [7, 11) is 0. The van der Waals surface area contributed by atoms with Crippen molar-refractivity contribution in [3.8, 4) is 0 Å². The van der Waals surface area contributed by atoms with E-state index in [-0.39, 0.29) is 26.1 Å². The molecule has 0 heterocycles. The molecule has 0 aromatic rings. The van der Waals surface area contributed by atoms with Gasteiger partial charge in [-0.2, -0.15) is 0 Å². The number of hydrogen-bond donors (Lipinski definition) is 1. The van der Waals surface area contributed by atoms with E-state index in [1.165, 1.54) is 0 Å². The van der Waals surface area contributed by atoms with Crippen LogP contribution in [0.4, 0.5) is 8.78 Å². The molecule has 66 valence electrons. The molecule has 0 aliphatic heterocycles. The molecule has 1 rings (SSSR count). The van der Waals surface area contributed by atoms with Crippen LogP contribution in [-0.2, 0) is 3.07 Å². The predicted molar refractivity (Wildman–Crippen MR) is 43.7 cm³/mol. The van der Waals surface area contributed by atoms with Gasteiger partial charge in [-0.1, -0.05) is 0 Å². The monoisotopic (exact) mass is 278 g/mol. The average molecular weight is 278 g/mol. The van der Waals surface area contributed by atoms with Crippen LogP contribution < -0.4 is 0 Å². The molecule has 0 amide bonds. The Morgan fingerprint density at radius 1 is 1.45 bits per heavy atom. The summed E-state index contributed by atoms with van der Waals surface area (Å²) < 4.78 is 29.5. The first-order valence-electron chi connectivity index (χ1n) is 3.26. The number of halogens is 3. The van der Waals surface area contributed by atoms with Gasteiger partial charge in [0.1, 0.15) is 23.0 Å². The summed E-state index contributed by atoms with van der Waals surface area (Å²) in [6, 6.07) is 0. The van der Waals surface area contributed by atoms with Crippen molar-refractivity contribution in [1.29, 1.82) is 0 Å². The highest BCUT2D eigenvalue weighted by atomic mass is 127. The van der Waals surface area contributed by atoms with Crippen molar-refractivity contribution in [3.05, 3.63) is 0 Å². The van der Waals surface area contributed by atoms with Gasteiger partial charge in [-0.05, 0) is 0 Å². The van der Waals surface area contributed by atoms with E-state index in [0.29, 0.717) is 0 Å². The van der Waals surface area contributed by atoms with Gasteiger partial charge >= 0.3 is 0 Å². The zero-order valence-electron chi connectivity index (χ0n) is 5.82. The molecule has 1 aliphatic carbocycles. The highest BCUT2D eigenvalue weighted by molar-refractivity contribution is 14.1. The van der Waals surface area contributed by atoms with E-state index >= 15 is 0 Å². The number of rotatable bonds is 3. The topological polar surface area (TPSA) is 29.5 Å². The molecule has 5 heteroatoms. The lowest BCUT2D eigenvalue weighted by molar-refractivity contribution is -0.183. The van der Waals surface area contributed by atoms with Gasteiger partial charge in [0.15, 0.2) is 0 Å². The van der Waals surface area contributed by atoms with Crippen LogP contribution in [0.5, 0.6) is 0 Å². The van der Waals surface area contributed by atoms with E-state index in [1.54, 1.807) is 23.0 Å². The van der Waals surface area contributed by atoms with Crippen molar-refractivity contribution in [2.75, 3.05) is 13.2 Å². The van der Waals surface area contributed by atoms with Crippen LogP contribution in [0, 0.1) is 5.41 Å². The SMILES string of the molecule is OCC1(COI)CC(F)(F)C1. The summed E-state index contributed by atoms with van der Waals surface area (Å²) >= 11 is 1.65. The van der Waals surface area contributed by atoms with E-state index in [1.807, 2.05) is 0 Å². The maximum absolute atomic E-state index is 12.4. The lowest BCUT2D eigenvalue weighted by Crippen LogP contribution is -2.50. The van der Waals surface area contributed by atoms with Gasteiger partial charge in [-0.3, -0.25) is 0 Å². The molecule has 0 atom stereocenters. The molecule has 0 aromatic carbocycles. The third kappa shape index (κ3) is 2.00. The fraction of sp³-hybridized carbons (Fsp3) is 1.00. The van der Waals surface area contributed by atoms with Crippen molar-refractivity contribution in [2.45, 2.75) is 18.8 Å². The molecule has 1 aliphatic rings. The van der Waals surface area contributed by atoms with Crippen LogP contribution in [0.15, 0.2) is 0 Å². The van der Waals surface area contributed by atoms with E-state index in [4.69, 9.17) is 8.17 Å². The van der Waals surface area contributed by atoms with Crippen LogP contribution in [-0.4, -0.2) is 24.2 Å². The Balaban J connectivity index is 2.43. The molecule has 1 saturated carbocycles. The van der Waals surface area contributed by atoms with Crippen LogP contribution in [0.25, 0.3) is 0 Å². The number of hydrogen-bond acceptors (Lipinski definition) is 2. The lowest BCUT2D eigenvalue weighted by atomic mass is 9.67. The standard InChI is InChI=1S/C6H9F2IO2/c7-6(8)1-5(2-6,3-10)4-11-9/h10H,1-4H2. The van der Waals surface area contributed by atoms with Gasteiger partial charge in [0.2, 0.25) is 5.92 Å². The summed E-state index contributed by atoms with van der Waals surface area (Å²) in [4.78, 5) is 0. The molecule has 11 heavy (non-hydrogen) atoms. The van der Waals surface area contributed by atoms with E-state index < -0.39 is 11.3 Å². The minimum atomic E-state index is -2.59. The minimum absolute atomic E-state index is 0.208. The summed E-state index contributed by atoms with van der Waals surface area (Å²) in [5.74, 6) is -2.59. The van der Waals surface area contributed by atoms with Crippen molar-refractivity contribution in [2.24, 2.45) is 5.41 Å². The summed E-state index contributed by atoms with van der Waals surface area (Å²) in [5, 5.41) is 8.78. The Morgan fingerprint density at radius 3 is 2.27 bits per heavy atom. The third-order valence-corrected chi connectivity index (χ3v) is 2.27. The maximum atomic E-state index is 12.4. The molecule has 0 saturated heterocycles. The van der Waals surface area contributed by atoms with Crippen molar-refractivity contribution in [3.63, 3.8) is 0 Å². The fourth-order valence-electron chi connectivity index (χ4n) is 1.42. The molecule has 0 unspecified atom stereocenters. The molecular formula is C6H9F2IO2. The van der Waals surface area contributed by atoms with Crippen molar-refractivity contribution < 1.29 is 17.0 Å². The first-order chi connectivity index (χ1) is 5.04. The van der Waals surface area contributed by atoms with Gasteiger partial charge in [0, 0.05) is 18.3 Å². The number of aliphatic hydroxyl groups is 1. The Bertz CT molecular complexity index is 144. The lowest BCUT2D eigenvalue weighted by Gasteiger charge is -2.45. The van der Waals surface area contributed by atoms with E-state index in [9.17, 15) is 8.78 Å². The van der Waals surface area contributed by atoms with Crippen LogP contribution in [0.1, 0.15) is 12.8 Å². The summed E-state index contributed by atoms with van der Waals surface area (Å²) in [5.41, 5.74) is -0.676. The summed E-state index contributed by atoms with van der Waals surface area (Å²) in [6.07, 6.45) is -0.501. The average Bonchev–Trinajstić information content (AvgIpc) is 1.84. The normalized spacial score (nSPS) is 26.2. The second-order valence-electron chi connectivity index (χ2n) is 3.12. The van der Waals surface area contributed by atoms with Gasteiger partial charge in [-0.15, -0.1) is 0 Å². The Morgan fingerprint density at radius 2 is 2.00 bits per heavy atom. The van der Waals surface area contributed by atoms with E-state index in [0.717, 1.165) is 0 Å². The molecule has 2 nitrogen and oxygen atoms in total. The summed E-state index contributed by atoms with van der Waals surface area (Å²) in [6.45, 7) is -0.00869. The Labute approximate surface area is 77.6 Å². The largest absolute Gasteiger partial charge is 0.396 e. The molecule has 0 spiro atoms. The number of alkyl halides is 2. The second kappa shape index (κ2) is 3.10. The minimum Gasteiger partial charge on any atom is -0.396 e. The first kappa shape index (κ1) is 9.60. The molecule has 1 N–H and O–H groups in total. The molecular weight excluding hydrogens is 269 g/mol. The zero-order valence-corrected chi connectivity index (χ0v) is 7.98. The van der Waals surface area contributed by atoms with E-state index in [2.05, 4.69) is 0 Å². The van der Waals surface area contributed by atoms with Crippen LogP contribution in [0.3, 0.4) is 0 Å². The molecule has 1 fully saturated rings. The molecule has 0 aromatic heterocycles. The van der Waals surface area contributed by atoms with Crippen LogP contribution in [0.2, 0.25) is 0 Å². The quantitative estimate of drug-likeness (QED) is 0.797. The molecule has 0 bridgehead atoms. The maximum Gasteiger partial charge on any atom is 0.249 e. The smallest absolute Gasteiger partial charge is 0.249 e. The first-order valence-corrected chi connectivity index (χ1v) is 4.14. The van der Waals surface area contributed by atoms with Gasteiger partial charge in [-0.25, -0.2) is 8.78 Å². The number of aliphatic hydroxyl groups excluding tert-OH is 1. The van der Waals surface area contributed by atoms with Gasteiger partial charge < -0.3 is 8.17 Å². The Kier molecular flexibility index (Phi) is 2.70. The predicted octanol–water partition coefficient (Wildman–Crippen LogP) is 1.76. The molecule has 0 radical (unpaired) electrons. The highest BCUT2D eigenvalue weighted by Crippen LogP contribution is 2.51. The zero-order chi connectivity index (χ0) is 8.54. The van der Waals surface area contributed by atoms with Gasteiger partial charge in [0.05, 0.1) is 13.2 Å². The van der Waals surface area contributed by atoms with Crippen molar-refractivity contribution >= 4 is 23.0 Å². The van der Waals surface area contributed by atoms with Gasteiger partial charge in [0.25, 0.3) is 0 Å². The van der Waals surface area contributed by atoms with Crippen LogP contribution >= 0.6 is 23.0 Å². The third-order valence-electron chi connectivity index (χ3n) is 1.96. The fourth-order valence-corrected chi connectivity index (χ4v) is 2.08. The second-order valence-corrected chi connectivity index (χ2v) is 3.74. The van der Waals surface area contributed by atoms with Crippen molar-refractivity contribution in [1.82, 2.24) is 0 Å². The Hall–Kier alpha value is 0.510. The highest BCUT2D eigenvalue weighted by Gasteiger charge is 2.56.